The first-order chi connectivity index (χ1) is 7.84. The Morgan fingerprint density at radius 1 is 0.667 bits per heavy atom. The van der Waals surface area contributed by atoms with Gasteiger partial charge in [-0.2, -0.15) is 4.79 Å². The van der Waals surface area contributed by atoms with Crippen LogP contribution in [-0.2, 0) is 0 Å². The smallest absolute Gasteiger partial charge is 0.632 e. The number of hydrogen-bond acceptors (Lipinski definition) is 3. The summed E-state index contributed by atoms with van der Waals surface area (Å²) in [5.74, 6) is 0. The molecule has 2 heterocycles. The molecule has 0 bridgehead atoms. The molecule has 0 saturated heterocycles. The average molecular weight is 289 g/mol. The molecule has 5 nitrogen and oxygen atoms in total. The maximum atomic E-state index is 11.3. The lowest BCUT2D eigenvalue weighted by molar-refractivity contribution is -0.905. The van der Waals surface area contributed by atoms with Crippen molar-refractivity contribution in [1.29, 1.82) is 0 Å². The van der Waals surface area contributed by atoms with E-state index in [0.29, 0.717) is 0 Å². The molecule has 0 saturated carbocycles. The van der Waals surface area contributed by atoms with Crippen LogP contribution in [0.5, 0.6) is 0 Å². The molecular weight excluding hydrogens is 279 g/mol. The van der Waals surface area contributed by atoms with Crippen LogP contribution in [0.3, 0.4) is 0 Å². The first kappa shape index (κ1) is 16.2. The van der Waals surface area contributed by atoms with Gasteiger partial charge in [-0.15, -0.1) is 9.68 Å². The van der Waals surface area contributed by atoms with Gasteiger partial charge in [-0.05, 0) is 0 Å². The van der Waals surface area contributed by atoms with Crippen LogP contribution in [0.4, 0.5) is 4.79 Å². The number of aromatic nitrogens is 2. The fourth-order valence-corrected chi connectivity index (χ4v) is 1.08. The van der Waals surface area contributed by atoms with Gasteiger partial charge in [0.15, 0.2) is 0 Å². The normalized spacial score (nSPS) is 8.44. The van der Waals surface area contributed by atoms with E-state index in [9.17, 15) is 4.79 Å². The van der Waals surface area contributed by atoms with Crippen molar-refractivity contribution >= 4 is 6.16 Å². The number of halogens is 2. The van der Waals surface area contributed by atoms with E-state index in [0.717, 1.165) is 0 Å². The SMILES string of the molecule is O=C(O[n+]1ccccc1)O[n+]1ccccc1.[Cl-].[Cl-]. The Hall–Kier alpha value is -1.85. The number of nitrogens with zero attached hydrogens (tertiary/aromatic N) is 2. The van der Waals surface area contributed by atoms with E-state index in [2.05, 4.69) is 0 Å². The van der Waals surface area contributed by atoms with Crippen molar-refractivity contribution in [3.05, 3.63) is 61.2 Å². The summed E-state index contributed by atoms with van der Waals surface area (Å²) in [5, 5.41) is 0. The molecular formula is C11H10Cl2N2O3. The predicted molar refractivity (Wildman–Crippen MR) is 51.8 cm³/mol. The second-order valence-electron chi connectivity index (χ2n) is 2.90. The highest BCUT2D eigenvalue weighted by Crippen LogP contribution is 1.77. The minimum Gasteiger partial charge on any atom is -1.00 e. The van der Waals surface area contributed by atoms with Crippen molar-refractivity contribution in [2.24, 2.45) is 0 Å². The monoisotopic (exact) mass is 288 g/mol. The zero-order valence-corrected chi connectivity index (χ0v) is 10.7. The van der Waals surface area contributed by atoms with Crippen molar-refractivity contribution in [3.63, 3.8) is 0 Å². The summed E-state index contributed by atoms with van der Waals surface area (Å²) in [6.07, 6.45) is 5.56. The Labute approximate surface area is 116 Å². The Bertz CT molecular complexity index is 425. The standard InChI is InChI=1S/C11H10N2O3.2ClH/c14-11(15-12-7-3-1-4-8-12)16-13-9-5-2-6-10-13;;/h1-10H;2*1H/q+2;;/p-2. The molecule has 0 atom stereocenters. The molecule has 2 aromatic rings. The highest BCUT2D eigenvalue weighted by atomic mass is 35.5. The van der Waals surface area contributed by atoms with Crippen LogP contribution >= 0.6 is 0 Å². The highest BCUT2D eigenvalue weighted by molar-refractivity contribution is 5.58. The quantitative estimate of drug-likeness (QED) is 0.517. The lowest BCUT2D eigenvalue weighted by Crippen LogP contribution is -3.00. The van der Waals surface area contributed by atoms with Gasteiger partial charge in [-0.1, -0.05) is 12.1 Å². The van der Waals surface area contributed by atoms with Crippen molar-refractivity contribution in [1.82, 2.24) is 0 Å². The molecule has 96 valence electrons. The lowest BCUT2D eigenvalue weighted by atomic mass is 10.5. The second-order valence-corrected chi connectivity index (χ2v) is 2.90. The third kappa shape index (κ3) is 4.99. The van der Waals surface area contributed by atoms with E-state index >= 15 is 0 Å². The summed E-state index contributed by atoms with van der Waals surface area (Å²) in [5.41, 5.74) is 0. The average Bonchev–Trinajstić information content (AvgIpc) is 2.31. The number of hydrogen-bond donors (Lipinski definition) is 0. The molecule has 2 aromatic heterocycles. The molecule has 7 heteroatoms. The molecule has 0 aliphatic heterocycles. The van der Waals surface area contributed by atoms with Gasteiger partial charge in [-0.25, -0.2) is 0 Å². The van der Waals surface area contributed by atoms with E-state index in [1.54, 1.807) is 49.1 Å². The zero-order chi connectivity index (χ0) is 11.2. The van der Waals surface area contributed by atoms with Gasteiger partial charge in [0.05, 0.1) is 0 Å². The Morgan fingerprint density at radius 2 is 1.00 bits per heavy atom. The van der Waals surface area contributed by atoms with Crippen molar-refractivity contribution in [3.8, 4) is 0 Å². The first-order valence-electron chi connectivity index (χ1n) is 4.68. The van der Waals surface area contributed by atoms with Gasteiger partial charge in [0.1, 0.15) is 0 Å². The molecule has 18 heavy (non-hydrogen) atoms. The Balaban J connectivity index is 0.00000144. The molecule has 0 aliphatic rings. The van der Waals surface area contributed by atoms with E-state index in [1.807, 2.05) is 12.1 Å². The fraction of sp³-hybridized carbons (Fsp3) is 0. The van der Waals surface area contributed by atoms with Crippen LogP contribution in [0.15, 0.2) is 61.2 Å². The lowest BCUT2D eigenvalue weighted by Gasteiger charge is -1.92. The maximum absolute atomic E-state index is 11.3. The summed E-state index contributed by atoms with van der Waals surface area (Å²) in [4.78, 5) is 21.0. The van der Waals surface area contributed by atoms with Gasteiger partial charge in [0.2, 0.25) is 24.8 Å². The van der Waals surface area contributed by atoms with Gasteiger partial charge in [-0.3, -0.25) is 0 Å². The zero-order valence-electron chi connectivity index (χ0n) is 9.15. The topological polar surface area (TPSA) is 43.3 Å². The number of rotatable bonds is 2. The van der Waals surface area contributed by atoms with E-state index < -0.39 is 6.16 Å². The molecule has 0 aliphatic carbocycles. The van der Waals surface area contributed by atoms with E-state index in [1.165, 1.54) is 9.46 Å². The molecule has 0 radical (unpaired) electrons. The predicted octanol–water partition coefficient (Wildman–Crippen LogP) is -6.05. The van der Waals surface area contributed by atoms with Crippen LogP contribution < -0.4 is 44.0 Å². The molecule has 0 amide bonds. The second kappa shape index (κ2) is 8.27. The van der Waals surface area contributed by atoms with E-state index in [-0.39, 0.29) is 24.8 Å². The van der Waals surface area contributed by atoms with Gasteiger partial charge in [0.25, 0.3) is 0 Å². The molecule has 2 rings (SSSR count). The minimum absolute atomic E-state index is 0. The number of carbonyl (C=O) groups is 1. The number of carbonyl (C=O) groups excluding carboxylic acids is 1. The minimum atomic E-state index is -0.813. The van der Waals surface area contributed by atoms with Crippen molar-refractivity contribution in [2.45, 2.75) is 0 Å². The fourth-order valence-electron chi connectivity index (χ4n) is 1.08. The molecule has 0 aromatic carbocycles. The Kier molecular flexibility index (Phi) is 7.42. The first-order valence-corrected chi connectivity index (χ1v) is 4.68. The molecule has 0 spiro atoms. The molecule has 0 fully saturated rings. The van der Waals surface area contributed by atoms with Crippen LogP contribution in [0.2, 0.25) is 0 Å². The van der Waals surface area contributed by atoms with Gasteiger partial charge in [0, 0.05) is 33.7 Å². The molecule has 0 N–H and O–H groups in total. The highest BCUT2D eigenvalue weighted by Gasteiger charge is 2.17. The summed E-state index contributed by atoms with van der Waals surface area (Å²) < 4.78 is 2.51. The number of pyridine rings is 2. The summed E-state index contributed by atoms with van der Waals surface area (Å²) >= 11 is 0. The van der Waals surface area contributed by atoms with Crippen molar-refractivity contribution < 1.29 is 48.7 Å². The molecule has 0 unspecified atom stereocenters. The summed E-state index contributed by atoms with van der Waals surface area (Å²) in [7, 11) is 0. The maximum Gasteiger partial charge on any atom is 0.632 e. The van der Waals surface area contributed by atoms with Crippen LogP contribution in [-0.4, -0.2) is 6.16 Å². The summed E-state index contributed by atoms with van der Waals surface area (Å²) in [6, 6.07) is 10.6. The summed E-state index contributed by atoms with van der Waals surface area (Å²) in [6.45, 7) is 0. The van der Waals surface area contributed by atoms with Crippen LogP contribution in [0.1, 0.15) is 0 Å². The van der Waals surface area contributed by atoms with Gasteiger partial charge >= 0.3 is 6.16 Å². The third-order valence-electron chi connectivity index (χ3n) is 1.74. The van der Waals surface area contributed by atoms with Gasteiger partial charge < -0.3 is 24.8 Å². The van der Waals surface area contributed by atoms with E-state index in [4.69, 9.17) is 9.68 Å². The largest absolute Gasteiger partial charge is 1.00 e. The third-order valence-corrected chi connectivity index (χ3v) is 1.74. The van der Waals surface area contributed by atoms with Crippen LogP contribution in [0, 0.1) is 0 Å². The van der Waals surface area contributed by atoms with Crippen LogP contribution in [0.25, 0.3) is 0 Å². The van der Waals surface area contributed by atoms with Crippen molar-refractivity contribution in [2.75, 3.05) is 0 Å². The Morgan fingerprint density at radius 3 is 1.33 bits per heavy atom.